The Morgan fingerprint density at radius 3 is 2.20 bits per heavy atom. The van der Waals surface area contributed by atoms with Crippen LogP contribution in [0.1, 0.15) is 24.4 Å². The van der Waals surface area contributed by atoms with Crippen LogP contribution in [0.3, 0.4) is 0 Å². The number of hydrogen-bond acceptors (Lipinski definition) is 3. The van der Waals surface area contributed by atoms with Gasteiger partial charge in [-0.05, 0) is 60.5 Å². The summed E-state index contributed by atoms with van der Waals surface area (Å²) in [5, 5.41) is 9.03. The van der Waals surface area contributed by atoms with E-state index in [0.29, 0.717) is 11.4 Å². The molecule has 30 heavy (non-hydrogen) atoms. The minimum absolute atomic E-state index is 0.0840. The highest BCUT2D eigenvalue weighted by Crippen LogP contribution is 2.45. The molecule has 1 aliphatic rings. The standard InChI is InChI=1S/C24H20FNO4/c25-17-8-10-18(11-9-17)26-23(21(24(26)29)14-15-22(27)28)16-6-12-20(13-7-16)30-19-4-2-1-3-5-19/h1-13,21,23H,14-15H2,(H,27,28)/t21-,23-/m1/s1. The van der Waals surface area contributed by atoms with Crippen molar-refractivity contribution in [3.63, 3.8) is 0 Å². The minimum Gasteiger partial charge on any atom is -0.481 e. The van der Waals surface area contributed by atoms with E-state index in [2.05, 4.69) is 0 Å². The van der Waals surface area contributed by atoms with Crippen LogP contribution >= 0.6 is 0 Å². The summed E-state index contributed by atoms with van der Waals surface area (Å²) >= 11 is 0. The van der Waals surface area contributed by atoms with E-state index in [1.807, 2.05) is 54.6 Å². The summed E-state index contributed by atoms with van der Waals surface area (Å²) in [6.45, 7) is 0. The molecular formula is C24H20FNO4. The van der Waals surface area contributed by atoms with E-state index in [4.69, 9.17) is 9.84 Å². The Morgan fingerprint density at radius 1 is 0.933 bits per heavy atom. The number of benzene rings is 3. The molecule has 1 fully saturated rings. The number of hydrogen-bond donors (Lipinski definition) is 1. The number of nitrogens with zero attached hydrogens (tertiary/aromatic N) is 1. The van der Waals surface area contributed by atoms with Gasteiger partial charge >= 0.3 is 5.97 Å². The molecule has 152 valence electrons. The predicted octanol–water partition coefficient (Wildman–Crippen LogP) is 5.19. The zero-order chi connectivity index (χ0) is 21.1. The van der Waals surface area contributed by atoms with Gasteiger partial charge in [-0.2, -0.15) is 0 Å². The highest BCUT2D eigenvalue weighted by molar-refractivity contribution is 6.03. The number of carboxylic acids is 1. The Labute approximate surface area is 173 Å². The maximum atomic E-state index is 13.3. The normalized spacial score (nSPS) is 18.0. The van der Waals surface area contributed by atoms with Gasteiger partial charge < -0.3 is 14.7 Å². The summed E-state index contributed by atoms with van der Waals surface area (Å²) in [7, 11) is 0. The molecule has 3 aromatic rings. The van der Waals surface area contributed by atoms with Gasteiger partial charge in [0.1, 0.15) is 17.3 Å². The van der Waals surface area contributed by atoms with Crippen LogP contribution in [0.2, 0.25) is 0 Å². The lowest BCUT2D eigenvalue weighted by molar-refractivity contribution is -0.138. The van der Waals surface area contributed by atoms with Gasteiger partial charge in [0.25, 0.3) is 0 Å². The summed E-state index contributed by atoms with van der Waals surface area (Å²) in [5.41, 5.74) is 1.46. The first-order valence-corrected chi connectivity index (χ1v) is 9.66. The van der Waals surface area contributed by atoms with Crippen LogP contribution in [0.4, 0.5) is 10.1 Å². The zero-order valence-electron chi connectivity index (χ0n) is 16.1. The van der Waals surface area contributed by atoms with Gasteiger partial charge in [0, 0.05) is 12.1 Å². The SMILES string of the molecule is O=C(O)CC[C@H]1C(=O)N(c2ccc(F)cc2)[C@@H]1c1ccc(Oc2ccccc2)cc1. The van der Waals surface area contributed by atoms with Crippen LogP contribution in [-0.4, -0.2) is 17.0 Å². The number of para-hydroxylation sites is 1. The fourth-order valence-corrected chi connectivity index (χ4v) is 3.74. The third kappa shape index (κ3) is 4.03. The van der Waals surface area contributed by atoms with Crippen molar-refractivity contribution in [2.45, 2.75) is 18.9 Å². The molecule has 0 aromatic heterocycles. The maximum Gasteiger partial charge on any atom is 0.303 e. The average Bonchev–Trinajstić information content (AvgIpc) is 2.75. The molecule has 1 heterocycles. The third-order valence-electron chi connectivity index (χ3n) is 5.19. The highest BCUT2D eigenvalue weighted by Gasteiger charge is 2.48. The molecule has 0 saturated carbocycles. The molecule has 1 N–H and O–H groups in total. The van der Waals surface area contributed by atoms with E-state index >= 15 is 0 Å². The molecule has 0 unspecified atom stereocenters. The van der Waals surface area contributed by atoms with Crippen molar-refractivity contribution in [3.05, 3.63) is 90.2 Å². The van der Waals surface area contributed by atoms with Crippen molar-refractivity contribution in [1.82, 2.24) is 0 Å². The number of aliphatic carboxylic acids is 1. The number of carbonyl (C=O) groups excluding carboxylic acids is 1. The summed E-state index contributed by atoms with van der Waals surface area (Å²) in [5.74, 6) is -0.534. The smallest absolute Gasteiger partial charge is 0.303 e. The molecule has 1 amide bonds. The maximum absolute atomic E-state index is 13.3. The molecule has 4 rings (SSSR count). The Balaban J connectivity index is 1.58. The van der Waals surface area contributed by atoms with Crippen LogP contribution in [0.15, 0.2) is 78.9 Å². The van der Waals surface area contributed by atoms with Crippen molar-refractivity contribution in [2.24, 2.45) is 5.92 Å². The molecule has 6 heteroatoms. The number of rotatable bonds is 7. The summed E-state index contributed by atoms with van der Waals surface area (Å²) in [6.07, 6.45) is 0.165. The summed E-state index contributed by atoms with van der Waals surface area (Å²) < 4.78 is 19.1. The minimum atomic E-state index is -0.937. The van der Waals surface area contributed by atoms with Gasteiger partial charge in [-0.15, -0.1) is 0 Å². The van der Waals surface area contributed by atoms with Crippen molar-refractivity contribution in [3.8, 4) is 11.5 Å². The van der Waals surface area contributed by atoms with E-state index in [1.54, 1.807) is 17.0 Å². The number of carbonyl (C=O) groups is 2. The Bertz CT molecular complexity index is 1040. The summed E-state index contributed by atoms with van der Waals surface area (Å²) in [4.78, 5) is 25.4. The quantitative estimate of drug-likeness (QED) is 0.550. The lowest BCUT2D eigenvalue weighted by Gasteiger charge is -2.47. The number of amides is 1. The Hall–Kier alpha value is -3.67. The van der Waals surface area contributed by atoms with Crippen molar-refractivity contribution in [1.29, 1.82) is 0 Å². The number of carboxylic acid groups (broad SMARTS) is 1. The molecule has 0 radical (unpaired) electrons. The number of halogens is 1. The fourth-order valence-electron chi connectivity index (χ4n) is 3.74. The van der Waals surface area contributed by atoms with Crippen LogP contribution in [0, 0.1) is 11.7 Å². The Morgan fingerprint density at radius 2 is 1.57 bits per heavy atom. The van der Waals surface area contributed by atoms with E-state index in [9.17, 15) is 14.0 Å². The van der Waals surface area contributed by atoms with Crippen molar-refractivity contribution in [2.75, 3.05) is 4.90 Å². The van der Waals surface area contributed by atoms with E-state index in [1.165, 1.54) is 12.1 Å². The van der Waals surface area contributed by atoms with Crippen LogP contribution in [0.5, 0.6) is 11.5 Å². The first-order chi connectivity index (χ1) is 14.5. The van der Waals surface area contributed by atoms with Crippen LogP contribution < -0.4 is 9.64 Å². The fraction of sp³-hybridized carbons (Fsp3) is 0.167. The van der Waals surface area contributed by atoms with Crippen molar-refractivity contribution >= 4 is 17.6 Å². The van der Waals surface area contributed by atoms with Gasteiger partial charge in [-0.3, -0.25) is 9.59 Å². The number of anilines is 1. The molecular weight excluding hydrogens is 385 g/mol. The first-order valence-electron chi connectivity index (χ1n) is 9.66. The second kappa shape index (κ2) is 8.37. The second-order valence-electron chi connectivity index (χ2n) is 7.15. The Kier molecular flexibility index (Phi) is 5.48. The largest absolute Gasteiger partial charge is 0.481 e. The molecule has 3 aromatic carbocycles. The molecule has 0 spiro atoms. The van der Waals surface area contributed by atoms with Gasteiger partial charge in [0.2, 0.25) is 5.91 Å². The van der Waals surface area contributed by atoms with Crippen LogP contribution in [-0.2, 0) is 9.59 Å². The van der Waals surface area contributed by atoms with E-state index in [0.717, 1.165) is 11.3 Å². The van der Waals surface area contributed by atoms with Crippen LogP contribution in [0.25, 0.3) is 0 Å². The predicted molar refractivity (Wildman–Crippen MR) is 110 cm³/mol. The van der Waals surface area contributed by atoms with Gasteiger partial charge in [-0.25, -0.2) is 4.39 Å². The molecule has 0 bridgehead atoms. The van der Waals surface area contributed by atoms with Gasteiger partial charge in [0.15, 0.2) is 0 Å². The lowest BCUT2D eigenvalue weighted by atomic mass is 9.79. The van der Waals surface area contributed by atoms with E-state index in [-0.39, 0.29) is 30.6 Å². The second-order valence-corrected chi connectivity index (χ2v) is 7.15. The average molecular weight is 405 g/mol. The highest BCUT2D eigenvalue weighted by atomic mass is 19.1. The summed E-state index contributed by atoms with van der Waals surface area (Å²) in [6, 6.07) is 22.2. The molecule has 2 atom stereocenters. The van der Waals surface area contributed by atoms with Gasteiger partial charge in [-0.1, -0.05) is 30.3 Å². The topological polar surface area (TPSA) is 66.8 Å². The first kappa shape index (κ1) is 19.6. The third-order valence-corrected chi connectivity index (χ3v) is 5.19. The monoisotopic (exact) mass is 405 g/mol. The van der Waals surface area contributed by atoms with E-state index < -0.39 is 11.9 Å². The molecule has 5 nitrogen and oxygen atoms in total. The molecule has 0 aliphatic carbocycles. The molecule has 1 saturated heterocycles. The zero-order valence-corrected chi connectivity index (χ0v) is 16.1. The lowest BCUT2D eigenvalue weighted by Crippen LogP contribution is -2.55. The van der Waals surface area contributed by atoms with Crippen molar-refractivity contribution < 1.29 is 23.8 Å². The number of β-lactam (4-membered cyclic amide) rings is 1. The number of ether oxygens (including phenoxy) is 1. The van der Waals surface area contributed by atoms with Gasteiger partial charge in [0.05, 0.1) is 12.0 Å². The molecule has 1 aliphatic heterocycles.